The molecule has 40 heavy (non-hydrogen) atoms. The second kappa shape index (κ2) is 13.0. The van der Waals surface area contributed by atoms with E-state index in [4.69, 9.17) is 0 Å². The summed E-state index contributed by atoms with van der Waals surface area (Å²) in [6.45, 7) is 0.134. The van der Waals surface area contributed by atoms with Crippen molar-refractivity contribution >= 4 is 34.8 Å². The van der Waals surface area contributed by atoms with Crippen LogP contribution in [0.25, 0.3) is 11.2 Å². The number of aromatic nitrogens is 5. The van der Waals surface area contributed by atoms with Crippen molar-refractivity contribution in [3.8, 4) is 0 Å². The average Bonchev–Trinajstić information content (AvgIpc) is 3.67. The van der Waals surface area contributed by atoms with Crippen molar-refractivity contribution in [3.63, 3.8) is 0 Å². The van der Waals surface area contributed by atoms with Gasteiger partial charge in [-0.05, 0) is 49.8 Å². The topological polar surface area (TPSA) is 164 Å². The molecule has 0 bridgehead atoms. The molecule has 0 aromatic carbocycles. The van der Waals surface area contributed by atoms with Crippen LogP contribution in [0, 0.1) is 5.92 Å². The van der Waals surface area contributed by atoms with E-state index < -0.39 is 23.6 Å². The Bertz CT molecular complexity index is 1460. The molecule has 0 aliphatic heterocycles. The van der Waals surface area contributed by atoms with Crippen LogP contribution < -0.4 is 16.2 Å². The Morgan fingerprint density at radius 2 is 2.08 bits per heavy atom. The highest BCUT2D eigenvalue weighted by atomic mass is 16.5. The molecule has 3 aromatic heterocycles. The number of hydrogen-bond acceptors (Lipinski definition) is 8. The van der Waals surface area contributed by atoms with Crippen LogP contribution >= 0.6 is 0 Å². The van der Waals surface area contributed by atoms with E-state index in [1.807, 2.05) is 0 Å². The minimum absolute atomic E-state index is 0.0449. The minimum atomic E-state index is -0.998. The Balaban J connectivity index is 1.45. The second-order valence-corrected chi connectivity index (χ2v) is 9.93. The molecular formula is C27H34N8O5. The number of nitrogens with one attached hydrogen (secondary N) is 3. The predicted octanol–water partition coefficient (Wildman–Crippen LogP) is 1.99. The van der Waals surface area contributed by atoms with Crippen LogP contribution in [0.4, 0.5) is 10.5 Å². The van der Waals surface area contributed by atoms with Crippen LogP contribution in [-0.4, -0.2) is 74.6 Å². The first-order valence-corrected chi connectivity index (χ1v) is 13.2. The van der Waals surface area contributed by atoms with Crippen molar-refractivity contribution < 1.29 is 19.1 Å². The summed E-state index contributed by atoms with van der Waals surface area (Å²) in [6, 6.07) is 2.13. The number of anilines is 1. The first kappa shape index (κ1) is 28.5. The zero-order chi connectivity index (χ0) is 28.6. The summed E-state index contributed by atoms with van der Waals surface area (Å²) < 4.78 is 6.05. The quantitative estimate of drug-likeness (QED) is 0.288. The normalized spacial score (nSPS) is 13.8. The van der Waals surface area contributed by atoms with Gasteiger partial charge >= 0.3 is 6.09 Å². The number of aryl methyl sites for hydroxylation is 1. The summed E-state index contributed by atoms with van der Waals surface area (Å²) in [5.41, 5.74) is 1.81. The van der Waals surface area contributed by atoms with E-state index in [9.17, 15) is 19.2 Å². The Morgan fingerprint density at radius 3 is 2.80 bits per heavy atom. The number of carbonyl (C=O) groups is 3. The molecule has 4 rings (SSSR count). The number of carbonyl (C=O) groups excluding carboxylic acids is 3. The first-order chi connectivity index (χ1) is 19.2. The lowest BCUT2D eigenvalue weighted by Gasteiger charge is -2.17. The van der Waals surface area contributed by atoms with E-state index in [-0.39, 0.29) is 24.6 Å². The number of imidazole rings is 1. The maximum Gasteiger partial charge on any atom is 0.407 e. The zero-order valence-electron chi connectivity index (χ0n) is 22.8. The lowest BCUT2D eigenvalue weighted by molar-refractivity contribution is -0.123. The molecule has 3 amide bonds. The van der Waals surface area contributed by atoms with E-state index in [0.717, 1.165) is 24.5 Å². The zero-order valence-corrected chi connectivity index (χ0v) is 22.8. The van der Waals surface area contributed by atoms with Crippen LogP contribution in [0.5, 0.6) is 0 Å². The number of nitrogens with zero attached hydrogens (tertiary/aromatic N) is 5. The number of fused-ring (bicyclic) bond motifs is 1. The molecule has 1 aliphatic rings. The molecule has 0 spiro atoms. The van der Waals surface area contributed by atoms with Crippen molar-refractivity contribution in [1.82, 2.24) is 34.7 Å². The summed E-state index contributed by atoms with van der Waals surface area (Å²) in [6.07, 6.45) is 10.3. The molecule has 3 N–H and O–H groups in total. The van der Waals surface area contributed by atoms with Gasteiger partial charge in [0.25, 0.3) is 5.56 Å². The molecule has 3 heterocycles. The monoisotopic (exact) mass is 550 g/mol. The maximum atomic E-state index is 13.2. The SMILES string of the molecule is COC(=O)NC(CC/C=C/C(=O)N(C)C)C(=O)Nc1cccn(Cc2nc3c(CCC4CC4)ncnc3[nH]2)c1=O. The van der Waals surface area contributed by atoms with Crippen LogP contribution in [-0.2, 0) is 27.3 Å². The molecule has 1 fully saturated rings. The Hall–Kier alpha value is -4.55. The molecule has 1 saturated carbocycles. The van der Waals surface area contributed by atoms with E-state index in [1.54, 1.807) is 32.4 Å². The molecule has 0 radical (unpaired) electrons. The molecule has 0 saturated heterocycles. The van der Waals surface area contributed by atoms with Crippen molar-refractivity contribution in [1.29, 1.82) is 0 Å². The number of aromatic amines is 1. The van der Waals surface area contributed by atoms with Gasteiger partial charge in [-0.2, -0.15) is 0 Å². The third kappa shape index (κ3) is 7.52. The van der Waals surface area contributed by atoms with Crippen molar-refractivity contribution in [2.75, 3.05) is 26.5 Å². The Labute approximate surface area is 231 Å². The molecular weight excluding hydrogens is 516 g/mol. The van der Waals surface area contributed by atoms with E-state index in [2.05, 4.69) is 35.3 Å². The van der Waals surface area contributed by atoms with Crippen molar-refractivity contribution in [3.05, 3.63) is 58.7 Å². The van der Waals surface area contributed by atoms with Gasteiger partial charge in [-0.1, -0.05) is 18.9 Å². The number of allylic oxidation sites excluding steroid dienone is 1. The van der Waals surface area contributed by atoms with E-state index in [0.29, 0.717) is 23.4 Å². The smallest absolute Gasteiger partial charge is 0.407 e. The summed E-state index contributed by atoms with van der Waals surface area (Å²) in [5, 5.41) is 5.08. The fraction of sp³-hybridized carbons (Fsp3) is 0.444. The number of likely N-dealkylation sites (N-methyl/N-ethyl adjacent to an activating group) is 1. The lowest BCUT2D eigenvalue weighted by Crippen LogP contribution is -2.44. The van der Waals surface area contributed by atoms with Gasteiger partial charge in [-0.25, -0.2) is 19.7 Å². The number of hydrogen-bond donors (Lipinski definition) is 3. The summed E-state index contributed by atoms with van der Waals surface area (Å²) in [5.74, 6) is 0.522. The molecule has 1 atom stereocenters. The van der Waals surface area contributed by atoms with Gasteiger partial charge in [0.1, 0.15) is 29.4 Å². The van der Waals surface area contributed by atoms with Crippen LogP contribution in [0.15, 0.2) is 41.6 Å². The molecule has 212 valence electrons. The number of rotatable bonds is 12. The predicted molar refractivity (Wildman–Crippen MR) is 148 cm³/mol. The number of methoxy groups -OCH3 is 1. The van der Waals surface area contributed by atoms with E-state index in [1.165, 1.54) is 47.9 Å². The van der Waals surface area contributed by atoms with Crippen LogP contribution in [0.1, 0.15) is 43.6 Å². The van der Waals surface area contributed by atoms with Gasteiger partial charge in [0.15, 0.2) is 5.65 Å². The Kier molecular flexibility index (Phi) is 9.25. The third-order valence-corrected chi connectivity index (χ3v) is 6.61. The average molecular weight is 551 g/mol. The van der Waals surface area contributed by atoms with Crippen molar-refractivity contribution in [2.45, 2.75) is 51.1 Å². The number of H-pyrrole nitrogens is 1. The van der Waals surface area contributed by atoms with Crippen LogP contribution in [0.2, 0.25) is 0 Å². The highest BCUT2D eigenvalue weighted by Gasteiger charge is 2.23. The van der Waals surface area contributed by atoms with Crippen LogP contribution in [0.3, 0.4) is 0 Å². The first-order valence-electron chi connectivity index (χ1n) is 13.2. The second-order valence-electron chi connectivity index (χ2n) is 9.93. The fourth-order valence-corrected chi connectivity index (χ4v) is 4.13. The highest BCUT2D eigenvalue weighted by Crippen LogP contribution is 2.33. The summed E-state index contributed by atoms with van der Waals surface area (Å²) in [4.78, 5) is 67.7. The van der Waals surface area contributed by atoms with Gasteiger partial charge in [0.05, 0.1) is 19.3 Å². The molecule has 3 aromatic rings. The van der Waals surface area contributed by atoms with E-state index >= 15 is 0 Å². The summed E-state index contributed by atoms with van der Waals surface area (Å²) in [7, 11) is 4.45. The van der Waals surface area contributed by atoms with Gasteiger partial charge in [-0.15, -0.1) is 0 Å². The molecule has 1 unspecified atom stereocenters. The lowest BCUT2D eigenvalue weighted by atomic mass is 10.1. The molecule has 13 heteroatoms. The maximum absolute atomic E-state index is 13.2. The summed E-state index contributed by atoms with van der Waals surface area (Å²) >= 11 is 0. The van der Waals surface area contributed by atoms with Gasteiger partial charge in [-0.3, -0.25) is 14.4 Å². The molecule has 13 nitrogen and oxygen atoms in total. The number of pyridine rings is 1. The van der Waals surface area contributed by atoms with Gasteiger partial charge < -0.3 is 29.8 Å². The van der Waals surface area contributed by atoms with Crippen molar-refractivity contribution in [2.24, 2.45) is 5.92 Å². The third-order valence-electron chi connectivity index (χ3n) is 6.61. The number of ether oxygens (including phenoxy) is 1. The number of amides is 3. The van der Waals surface area contributed by atoms with Gasteiger partial charge in [0.2, 0.25) is 11.8 Å². The fourth-order valence-electron chi connectivity index (χ4n) is 4.13. The minimum Gasteiger partial charge on any atom is -0.453 e. The standard InChI is InChI=1S/C27H34N8O5/c1-34(2)22(36)9-5-4-7-19(31-27(39)40-3)25(37)30-20-8-6-14-35(26(20)38)15-21-32-23-18(13-12-17-10-11-17)28-16-29-24(23)33-21/h5-6,8-9,14,16-17,19H,4,7,10-13,15H2,1-3H3,(H,30,37)(H,31,39)(H,28,29,32,33)/b9-5+. The highest BCUT2D eigenvalue weighted by molar-refractivity contribution is 5.96. The number of alkyl carbamates (subject to hydrolysis) is 1. The van der Waals surface area contributed by atoms with Gasteiger partial charge in [0, 0.05) is 20.3 Å². The largest absolute Gasteiger partial charge is 0.453 e. The molecule has 1 aliphatic carbocycles. The Morgan fingerprint density at radius 1 is 1.27 bits per heavy atom.